The Morgan fingerprint density at radius 3 is 2.60 bits per heavy atom. The Bertz CT molecular complexity index is 819. The first-order valence-corrected chi connectivity index (χ1v) is 13.9. The Morgan fingerprint density at radius 2 is 1.94 bits per heavy atom. The van der Waals surface area contributed by atoms with Crippen molar-refractivity contribution in [3.63, 3.8) is 0 Å². The molecule has 3 rings (SSSR count). The molecule has 5 atom stereocenters. The van der Waals surface area contributed by atoms with Gasteiger partial charge in [-0.1, -0.05) is 44.9 Å². The van der Waals surface area contributed by atoms with Crippen LogP contribution in [0.5, 0.6) is 0 Å². The maximum atomic E-state index is 14.1. The number of aliphatic hydroxyl groups is 1. The average Bonchev–Trinajstić information content (AvgIpc) is 3.40. The Labute approximate surface area is 214 Å². The summed E-state index contributed by atoms with van der Waals surface area (Å²) < 4.78 is 4.44. The van der Waals surface area contributed by atoms with Crippen molar-refractivity contribution < 1.29 is 24.2 Å². The Kier molecular flexibility index (Phi) is 9.49. The number of rotatable bonds is 15. The van der Waals surface area contributed by atoms with Gasteiger partial charge < -0.3 is 19.6 Å². The van der Waals surface area contributed by atoms with E-state index in [2.05, 4.69) is 27.0 Å². The van der Waals surface area contributed by atoms with Gasteiger partial charge >= 0.3 is 5.97 Å². The zero-order valence-electron chi connectivity index (χ0n) is 21.4. The summed E-state index contributed by atoms with van der Waals surface area (Å²) in [4.78, 5) is 44.9. The highest BCUT2D eigenvalue weighted by molar-refractivity contribution is 8.02. The van der Waals surface area contributed by atoms with E-state index >= 15 is 0 Å². The third-order valence-electron chi connectivity index (χ3n) is 7.86. The summed E-state index contributed by atoms with van der Waals surface area (Å²) >= 11 is 1.68. The molecule has 0 aromatic carbocycles. The molecule has 1 spiro atoms. The largest absolute Gasteiger partial charge is 0.461 e. The predicted octanol–water partition coefficient (Wildman–Crippen LogP) is 3.56. The van der Waals surface area contributed by atoms with Gasteiger partial charge in [-0.05, 0) is 39.0 Å². The molecule has 0 aromatic rings. The van der Waals surface area contributed by atoms with Crippen LogP contribution in [0.2, 0.25) is 0 Å². The third kappa shape index (κ3) is 5.19. The molecule has 3 saturated heterocycles. The summed E-state index contributed by atoms with van der Waals surface area (Å²) in [5, 5.41) is 9.09. The minimum absolute atomic E-state index is 0.0265. The van der Waals surface area contributed by atoms with E-state index in [0.717, 1.165) is 51.4 Å². The fraction of sp³-hybridized carbons (Fsp3) is 0.741. The fourth-order valence-electron chi connectivity index (χ4n) is 6.25. The van der Waals surface area contributed by atoms with E-state index in [0.29, 0.717) is 19.6 Å². The highest BCUT2D eigenvalue weighted by Gasteiger charge is 2.77. The molecule has 3 fully saturated rings. The van der Waals surface area contributed by atoms with Crippen LogP contribution in [0.25, 0.3) is 0 Å². The Morgan fingerprint density at radius 1 is 1.20 bits per heavy atom. The zero-order chi connectivity index (χ0) is 25.6. The molecule has 2 bridgehead atoms. The van der Waals surface area contributed by atoms with Gasteiger partial charge in [0.25, 0.3) is 0 Å². The van der Waals surface area contributed by atoms with E-state index in [1.165, 1.54) is 0 Å². The summed E-state index contributed by atoms with van der Waals surface area (Å²) in [7, 11) is 0. The molecule has 0 aliphatic carbocycles. The number of carbonyl (C=O) groups is 3. The molecule has 0 radical (unpaired) electrons. The second-order valence-corrected chi connectivity index (χ2v) is 12.1. The van der Waals surface area contributed by atoms with E-state index in [4.69, 9.17) is 9.84 Å². The number of likely N-dealkylation sites (tertiary alicyclic amines) is 1. The first-order valence-electron chi connectivity index (χ1n) is 13.1. The van der Waals surface area contributed by atoms with Crippen LogP contribution in [0.15, 0.2) is 25.3 Å². The number of fused-ring (bicyclic) bond motifs is 1. The van der Waals surface area contributed by atoms with Crippen molar-refractivity contribution in [2.45, 2.75) is 80.7 Å². The minimum atomic E-state index is -0.614. The number of nitrogens with zero attached hydrogens (tertiary/aromatic N) is 2. The van der Waals surface area contributed by atoms with E-state index in [1.54, 1.807) is 28.8 Å². The van der Waals surface area contributed by atoms with Crippen molar-refractivity contribution in [1.29, 1.82) is 0 Å². The molecule has 3 aliphatic heterocycles. The molecule has 3 heterocycles. The highest BCUT2D eigenvalue weighted by atomic mass is 32.2. The van der Waals surface area contributed by atoms with Crippen molar-refractivity contribution >= 4 is 29.5 Å². The third-order valence-corrected chi connectivity index (χ3v) is 9.84. The molecule has 35 heavy (non-hydrogen) atoms. The van der Waals surface area contributed by atoms with Crippen LogP contribution in [0, 0.1) is 11.8 Å². The molecule has 1 N–H and O–H groups in total. The number of unbranched alkanes of at least 4 members (excludes halogenated alkanes) is 4. The van der Waals surface area contributed by atoms with Gasteiger partial charge in [-0.3, -0.25) is 14.4 Å². The second kappa shape index (κ2) is 12.0. The lowest BCUT2D eigenvalue weighted by Gasteiger charge is -2.37. The summed E-state index contributed by atoms with van der Waals surface area (Å²) in [6.07, 6.45) is 9.92. The molecule has 2 unspecified atom stereocenters. The smallest absolute Gasteiger partial charge is 0.311 e. The van der Waals surface area contributed by atoms with Gasteiger partial charge in [0, 0.05) is 31.0 Å². The van der Waals surface area contributed by atoms with Crippen molar-refractivity contribution in [2.75, 3.05) is 32.8 Å². The van der Waals surface area contributed by atoms with Crippen molar-refractivity contribution in [3.8, 4) is 0 Å². The van der Waals surface area contributed by atoms with Gasteiger partial charge in [0.2, 0.25) is 11.8 Å². The van der Waals surface area contributed by atoms with Gasteiger partial charge in [-0.15, -0.1) is 18.3 Å². The summed E-state index contributed by atoms with van der Waals surface area (Å²) in [5.41, 5.74) is 0. The normalized spacial score (nSPS) is 30.9. The SMILES string of the molecule is C=CCOC(=O)[C@H]1[C@H]2C(=O)N(CCCCCCO)C(C(=O)N(CC=C)CCCC)C23CC[C@]1(C)S3. The number of esters is 1. The molecule has 0 aromatic heterocycles. The van der Waals surface area contributed by atoms with Gasteiger partial charge in [0.05, 0.1) is 16.6 Å². The highest BCUT2D eigenvalue weighted by Crippen LogP contribution is 2.71. The van der Waals surface area contributed by atoms with Crippen LogP contribution in [0.1, 0.15) is 65.2 Å². The fourth-order valence-corrected chi connectivity index (χ4v) is 8.59. The molecular formula is C27H42N2O5S. The quantitative estimate of drug-likeness (QED) is 0.208. The van der Waals surface area contributed by atoms with E-state index in [-0.39, 0.29) is 31.0 Å². The predicted molar refractivity (Wildman–Crippen MR) is 139 cm³/mol. The lowest BCUT2D eigenvalue weighted by Crippen LogP contribution is -2.55. The van der Waals surface area contributed by atoms with Gasteiger partial charge in [-0.25, -0.2) is 0 Å². The number of aliphatic hydroxyl groups excluding tert-OH is 1. The minimum Gasteiger partial charge on any atom is -0.461 e. The van der Waals surface area contributed by atoms with E-state index in [9.17, 15) is 14.4 Å². The van der Waals surface area contributed by atoms with Gasteiger partial charge in [-0.2, -0.15) is 0 Å². The molecule has 8 heteroatoms. The van der Waals surface area contributed by atoms with Crippen LogP contribution >= 0.6 is 11.8 Å². The topological polar surface area (TPSA) is 87.1 Å². The maximum absolute atomic E-state index is 14.1. The average molecular weight is 507 g/mol. The Hall–Kier alpha value is -1.80. The van der Waals surface area contributed by atoms with E-state index in [1.807, 2.05) is 4.90 Å². The molecule has 2 amide bonds. The van der Waals surface area contributed by atoms with Gasteiger partial charge in [0.15, 0.2) is 0 Å². The summed E-state index contributed by atoms with van der Waals surface area (Å²) in [5.74, 6) is -1.58. The van der Waals surface area contributed by atoms with Crippen LogP contribution in [0.3, 0.4) is 0 Å². The number of thioether (sulfide) groups is 1. The monoisotopic (exact) mass is 506 g/mol. The summed E-state index contributed by atoms with van der Waals surface area (Å²) in [6.45, 7) is 13.5. The first kappa shape index (κ1) is 27.8. The standard InChI is InChI=1S/C27H42N2O5S/c1-5-8-16-28(15-6-2)24(32)22-27-14-13-26(4,35-27)21(25(33)34-19-7-3)20(27)23(31)29(22)17-11-9-10-12-18-30/h6-7,20-22,30H,2-3,5,8-19H2,1,4H3/t20-,21+,22?,26-,27?/m0/s1. The Balaban J connectivity index is 1.95. The molecule has 3 aliphatic rings. The molecular weight excluding hydrogens is 464 g/mol. The van der Waals surface area contributed by atoms with Crippen LogP contribution in [-0.4, -0.2) is 81.1 Å². The van der Waals surface area contributed by atoms with Crippen molar-refractivity contribution in [3.05, 3.63) is 25.3 Å². The molecule has 196 valence electrons. The number of carbonyl (C=O) groups excluding carboxylic acids is 3. The lowest BCUT2D eigenvalue weighted by molar-refractivity contribution is -0.154. The van der Waals surface area contributed by atoms with Crippen LogP contribution in [0.4, 0.5) is 0 Å². The number of ether oxygens (including phenoxy) is 1. The van der Waals surface area contributed by atoms with Crippen LogP contribution in [-0.2, 0) is 19.1 Å². The number of hydrogen-bond donors (Lipinski definition) is 1. The molecule has 0 saturated carbocycles. The van der Waals surface area contributed by atoms with Gasteiger partial charge in [0.1, 0.15) is 12.6 Å². The van der Waals surface area contributed by atoms with Crippen molar-refractivity contribution in [1.82, 2.24) is 9.80 Å². The number of amides is 2. The van der Waals surface area contributed by atoms with E-state index < -0.39 is 27.4 Å². The molecule has 7 nitrogen and oxygen atoms in total. The van der Waals surface area contributed by atoms with Crippen molar-refractivity contribution in [2.24, 2.45) is 11.8 Å². The number of hydrogen-bond acceptors (Lipinski definition) is 6. The zero-order valence-corrected chi connectivity index (χ0v) is 22.2. The summed E-state index contributed by atoms with van der Waals surface area (Å²) in [6, 6.07) is -0.585. The lowest BCUT2D eigenvalue weighted by atomic mass is 9.66. The van der Waals surface area contributed by atoms with Crippen LogP contribution < -0.4 is 0 Å². The first-order chi connectivity index (χ1) is 16.8. The second-order valence-electron chi connectivity index (χ2n) is 10.2. The maximum Gasteiger partial charge on any atom is 0.311 e.